The first-order valence-electron chi connectivity index (χ1n) is 9.21. The van der Waals surface area contributed by atoms with E-state index in [2.05, 4.69) is 0 Å². The Balaban J connectivity index is 1.90. The number of fused-ring (bicyclic) bond motifs is 3. The van der Waals surface area contributed by atoms with Crippen molar-refractivity contribution in [2.75, 3.05) is 0 Å². The van der Waals surface area contributed by atoms with Crippen molar-refractivity contribution in [3.8, 4) is 5.69 Å². The number of benzene rings is 3. The molecule has 0 saturated carbocycles. The van der Waals surface area contributed by atoms with Gasteiger partial charge in [-0.05, 0) is 29.8 Å². The molecule has 0 aliphatic heterocycles. The predicted octanol–water partition coefficient (Wildman–Crippen LogP) is 5.21. The molecule has 0 radical (unpaired) electrons. The quantitative estimate of drug-likeness (QED) is 0.390. The van der Waals surface area contributed by atoms with Crippen LogP contribution in [0.25, 0.3) is 26.0 Å². The van der Waals surface area contributed by atoms with Crippen LogP contribution in [0.4, 0.5) is 4.39 Å². The predicted molar refractivity (Wildman–Crippen MR) is 120 cm³/mol. The fourth-order valence-corrected chi connectivity index (χ4v) is 4.93. The number of halogens is 2. The van der Waals surface area contributed by atoms with Gasteiger partial charge in [-0.3, -0.25) is 9.36 Å². The van der Waals surface area contributed by atoms with Crippen LogP contribution in [0, 0.1) is 5.82 Å². The molecule has 2 aromatic heterocycles. The Morgan fingerprint density at radius 3 is 2.43 bits per heavy atom. The highest BCUT2D eigenvalue weighted by atomic mass is 35.5. The third kappa shape index (κ3) is 2.96. The Hall–Kier alpha value is -3.22. The van der Waals surface area contributed by atoms with Crippen molar-refractivity contribution >= 4 is 43.2 Å². The third-order valence-corrected chi connectivity index (χ3v) is 6.44. The first-order valence-corrected chi connectivity index (χ1v) is 10.4. The van der Waals surface area contributed by atoms with Gasteiger partial charge in [-0.1, -0.05) is 60.1 Å². The summed E-state index contributed by atoms with van der Waals surface area (Å²) in [5, 5.41) is 0.705. The third-order valence-electron chi connectivity index (χ3n) is 5.00. The summed E-state index contributed by atoms with van der Waals surface area (Å²) in [5.74, 6) is -0.610. The smallest absolute Gasteiger partial charge is 0.287 e. The molecule has 0 amide bonds. The zero-order valence-electron chi connectivity index (χ0n) is 15.5. The van der Waals surface area contributed by atoms with E-state index in [4.69, 9.17) is 11.6 Å². The van der Waals surface area contributed by atoms with Crippen molar-refractivity contribution in [1.29, 1.82) is 0 Å². The summed E-state index contributed by atoms with van der Waals surface area (Å²) in [6, 6.07) is 21.0. The van der Waals surface area contributed by atoms with Crippen LogP contribution in [0.3, 0.4) is 0 Å². The molecular weight excluding hydrogens is 423 g/mol. The molecule has 0 aliphatic carbocycles. The van der Waals surface area contributed by atoms with Gasteiger partial charge in [0.25, 0.3) is 5.56 Å². The van der Waals surface area contributed by atoms with E-state index in [1.807, 2.05) is 54.6 Å². The Bertz CT molecular complexity index is 1540. The largest absolute Gasteiger partial charge is 0.336 e. The number of nitrogens with zero attached hydrogens (tertiary/aromatic N) is 2. The van der Waals surface area contributed by atoms with Gasteiger partial charge in [0.05, 0.1) is 22.8 Å². The molecule has 5 aromatic rings. The molecule has 0 bridgehead atoms. The van der Waals surface area contributed by atoms with Gasteiger partial charge in [0, 0.05) is 10.1 Å². The molecule has 0 aliphatic rings. The van der Waals surface area contributed by atoms with E-state index in [0.29, 0.717) is 16.8 Å². The van der Waals surface area contributed by atoms with Crippen LogP contribution in [0.5, 0.6) is 0 Å². The summed E-state index contributed by atoms with van der Waals surface area (Å²) < 4.78 is 17.7. The summed E-state index contributed by atoms with van der Waals surface area (Å²) in [6.07, 6.45) is 0. The maximum Gasteiger partial charge on any atom is 0.336 e. The molecule has 0 unspecified atom stereocenters. The van der Waals surface area contributed by atoms with Gasteiger partial charge in [0.1, 0.15) is 10.5 Å². The second-order valence-corrected chi connectivity index (χ2v) is 8.33. The molecule has 0 fully saturated rings. The average molecular weight is 437 g/mol. The molecule has 2 heterocycles. The molecule has 148 valence electrons. The van der Waals surface area contributed by atoms with E-state index in [1.165, 1.54) is 23.5 Å². The lowest BCUT2D eigenvalue weighted by molar-refractivity contribution is 0.627. The summed E-state index contributed by atoms with van der Waals surface area (Å²) in [7, 11) is 0. The molecule has 3 aromatic carbocycles. The lowest BCUT2D eigenvalue weighted by Crippen LogP contribution is -2.38. The molecular formula is C23H14ClFN2O2S. The molecule has 0 atom stereocenters. The van der Waals surface area contributed by atoms with E-state index in [-0.39, 0.29) is 10.7 Å². The number of rotatable bonds is 3. The van der Waals surface area contributed by atoms with Crippen LogP contribution in [0.2, 0.25) is 5.02 Å². The zero-order valence-corrected chi connectivity index (χ0v) is 17.1. The van der Waals surface area contributed by atoms with Crippen LogP contribution in [-0.4, -0.2) is 9.13 Å². The van der Waals surface area contributed by atoms with Gasteiger partial charge in [0.2, 0.25) is 0 Å². The first kappa shape index (κ1) is 18.8. The molecule has 5 rings (SSSR count). The topological polar surface area (TPSA) is 44.0 Å². The summed E-state index contributed by atoms with van der Waals surface area (Å²) in [4.78, 5) is 26.9. The van der Waals surface area contributed by atoms with Gasteiger partial charge in [-0.2, -0.15) is 0 Å². The minimum Gasteiger partial charge on any atom is -0.287 e. The molecule has 7 heteroatoms. The highest BCUT2D eigenvalue weighted by molar-refractivity contribution is 7.25. The summed E-state index contributed by atoms with van der Waals surface area (Å²) in [6.45, 7) is 0.298. The number of hydrogen-bond donors (Lipinski definition) is 0. The molecule has 30 heavy (non-hydrogen) atoms. The van der Waals surface area contributed by atoms with E-state index in [1.54, 1.807) is 4.57 Å². The average Bonchev–Trinajstić information content (AvgIpc) is 3.14. The standard InChI is InChI=1S/C23H14ClFN2O2S/c24-17-12-15(10-11-18(17)25)27-22(28)21-20(16-8-4-5-9-19(16)30-21)26(23(27)29)13-14-6-2-1-3-7-14/h1-12H,13H2. The van der Waals surface area contributed by atoms with Crippen molar-refractivity contribution in [3.63, 3.8) is 0 Å². The maximum absolute atomic E-state index is 13.7. The van der Waals surface area contributed by atoms with E-state index in [9.17, 15) is 14.0 Å². The number of hydrogen-bond acceptors (Lipinski definition) is 3. The summed E-state index contributed by atoms with van der Waals surface area (Å²) >= 11 is 7.26. The Kier molecular flexibility index (Phi) is 4.53. The van der Waals surface area contributed by atoms with E-state index in [0.717, 1.165) is 26.3 Å². The van der Waals surface area contributed by atoms with Crippen LogP contribution in [-0.2, 0) is 6.54 Å². The van der Waals surface area contributed by atoms with E-state index >= 15 is 0 Å². The highest BCUT2D eigenvalue weighted by Crippen LogP contribution is 2.31. The SMILES string of the molecule is O=c1c2sc3ccccc3c2n(Cc2ccccc2)c(=O)n1-c1ccc(F)c(Cl)c1. The highest BCUT2D eigenvalue weighted by Gasteiger charge is 2.20. The monoisotopic (exact) mass is 436 g/mol. The van der Waals surface area contributed by atoms with E-state index < -0.39 is 17.1 Å². The van der Waals surface area contributed by atoms with Gasteiger partial charge < -0.3 is 0 Å². The molecule has 4 nitrogen and oxygen atoms in total. The molecule has 0 spiro atoms. The summed E-state index contributed by atoms with van der Waals surface area (Å²) in [5.41, 5.74) is 0.834. The van der Waals surface area contributed by atoms with Crippen LogP contribution < -0.4 is 11.2 Å². The first-order chi connectivity index (χ1) is 14.5. The van der Waals surface area contributed by atoms with Gasteiger partial charge in [0.15, 0.2) is 0 Å². The number of aromatic nitrogens is 2. The van der Waals surface area contributed by atoms with Gasteiger partial charge in [-0.15, -0.1) is 11.3 Å². The molecule has 0 saturated heterocycles. The fraction of sp³-hybridized carbons (Fsp3) is 0.0435. The lowest BCUT2D eigenvalue weighted by Gasteiger charge is -2.13. The normalized spacial score (nSPS) is 11.4. The maximum atomic E-state index is 13.7. The number of thiophene rings is 1. The zero-order chi connectivity index (χ0) is 20.8. The fourth-order valence-electron chi connectivity index (χ4n) is 3.61. The van der Waals surface area contributed by atoms with Crippen LogP contribution >= 0.6 is 22.9 Å². The van der Waals surface area contributed by atoms with Crippen molar-refractivity contribution in [2.24, 2.45) is 0 Å². The Labute approximate surface area is 179 Å². The van der Waals surface area contributed by atoms with Gasteiger partial charge >= 0.3 is 5.69 Å². The van der Waals surface area contributed by atoms with Crippen LogP contribution in [0.1, 0.15) is 5.56 Å². The minimum atomic E-state index is -0.610. The van der Waals surface area contributed by atoms with Crippen molar-refractivity contribution in [2.45, 2.75) is 6.54 Å². The second kappa shape index (κ2) is 7.23. The van der Waals surface area contributed by atoms with Crippen molar-refractivity contribution < 1.29 is 4.39 Å². The molecule has 0 N–H and O–H groups in total. The lowest BCUT2D eigenvalue weighted by atomic mass is 10.2. The second-order valence-electron chi connectivity index (χ2n) is 6.87. The minimum absolute atomic E-state index is 0.148. The van der Waals surface area contributed by atoms with Crippen molar-refractivity contribution in [3.05, 3.63) is 110 Å². The van der Waals surface area contributed by atoms with Crippen LogP contribution in [0.15, 0.2) is 82.4 Å². The van der Waals surface area contributed by atoms with Crippen molar-refractivity contribution in [1.82, 2.24) is 9.13 Å². The van der Waals surface area contributed by atoms with Gasteiger partial charge in [-0.25, -0.2) is 13.8 Å². The Morgan fingerprint density at radius 2 is 1.67 bits per heavy atom. The Morgan fingerprint density at radius 1 is 0.933 bits per heavy atom.